The first-order valence-corrected chi connectivity index (χ1v) is 13.7. The van der Waals surface area contributed by atoms with Gasteiger partial charge in [0.25, 0.3) is 10.0 Å². The van der Waals surface area contributed by atoms with Crippen LogP contribution in [0.2, 0.25) is 5.02 Å². The van der Waals surface area contributed by atoms with Gasteiger partial charge in [-0.3, -0.25) is 9.62 Å². The van der Waals surface area contributed by atoms with Gasteiger partial charge in [0.05, 0.1) is 16.2 Å². The molecule has 1 aliphatic heterocycles. The third-order valence-electron chi connectivity index (χ3n) is 6.58. The van der Waals surface area contributed by atoms with E-state index in [1.807, 2.05) is 6.07 Å². The Morgan fingerprint density at radius 1 is 1.18 bits per heavy atom. The van der Waals surface area contributed by atoms with E-state index in [-0.39, 0.29) is 28.9 Å². The lowest BCUT2D eigenvalue weighted by Gasteiger charge is -2.56. The van der Waals surface area contributed by atoms with Crippen LogP contribution in [0.3, 0.4) is 0 Å². The van der Waals surface area contributed by atoms with Gasteiger partial charge in [0.1, 0.15) is 16.5 Å². The maximum Gasteiger partial charge on any atom is 0.266 e. The lowest BCUT2D eigenvalue weighted by molar-refractivity contribution is -0.0646. The number of thiazole rings is 1. The zero-order valence-electron chi connectivity index (χ0n) is 18.2. The Bertz CT molecular complexity index is 1310. The average molecular weight is 525 g/mol. The molecule has 11 heteroatoms. The molecule has 0 radical (unpaired) electrons. The van der Waals surface area contributed by atoms with E-state index in [0.29, 0.717) is 17.5 Å². The monoisotopic (exact) mass is 524 g/mol. The summed E-state index contributed by atoms with van der Waals surface area (Å²) in [5, 5.41) is 4.47. The number of nitrogens with zero attached hydrogens (tertiary/aromatic N) is 2. The Kier molecular flexibility index (Phi) is 6.26. The van der Waals surface area contributed by atoms with Crippen LogP contribution in [-0.4, -0.2) is 31.4 Å². The number of aromatic nitrogens is 1. The van der Waals surface area contributed by atoms with Crippen molar-refractivity contribution in [2.75, 3.05) is 23.1 Å². The summed E-state index contributed by atoms with van der Waals surface area (Å²) in [7, 11) is -4.21. The minimum atomic E-state index is -4.21. The second kappa shape index (κ2) is 9.07. The molecular weight excluding hydrogens is 502 g/mol. The highest BCUT2D eigenvalue weighted by Gasteiger charge is 2.46. The van der Waals surface area contributed by atoms with E-state index in [0.717, 1.165) is 30.8 Å². The molecular formula is C23H23ClF2N4O2S2. The fourth-order valence-corrected chi connectivity index (χ4v) is 6.65. The van der Waals surface area contributed by atoms with Crippen LogP contribution in [0.5, 0.6) is 0 Å². The summed E-state index contributed by atoms with van der Waals surface area (Å²) in [6.45, 7) is 2.82. The third kappa shape index (κ3) is 4.64. The molecule has 2 N–H and O–H groups in total. The van der Waals surface area contributed by atoms with Crippen molar-refractivity contribution < 1.29 is 17.2 Å². The first-order valence-electron chi connectivity index (χ1n) is 10.9. The van der Waals surface area contributed by atoms with Crippen LogP contribution < -0.4 is 10.0 Å². The molecule has 2 aliphatic rings. The number of nitrogens with one attached hydrogen (secondary N) is 2. The van der Waals surface area contributed by atoms with Crippen LogP contribution in [0.4, 0.5) is 20.3 Å². The predicted octanol–water partition coefficient (Wildman–Crippen LogP) is 5.47. The Morgan fingerprint density at radius 3 is 2.65 bits per heavy atom. The maximum atomic E-state index is 14.8. The number of rotatable bonds is 8. The van der Waals surface area contributed by atoms with Gasteiger partial charge in [-0.1, -0.05) is 30.2 Å². The van der Waals surface area contributed by atoms with Crippen LogP contribution in [-0.2, 0) is 23.1 Å². The number of hydrogen-bond acceptors (Lipinski definition) is 6. The largest absolute Gasteiger partial charge is 0.380 e. The average Bonchev–Trinajstić information content (AvgIpc) is 3.22. The normalized spacial score (nSPS) is 17.3. The van der Waals surface area contributed by atoms with Crippen molar-refractivity contribution in [3.63, 3.8) is 0 Å². The lowest BCUT2D eigenvalue weighted by Crippen LogP contribution is -2.59. The van der Waals surface area contributed by atoms with Gasteiger partial charge in [-0.25, -0.2) is 22.2 Å². The second-order valence-corrected chi connectivity index (χ2v) is 11.7. The van der Waals surface area contributed by atoms with Crippen LogP contribution in [0.25, 0.3) is 0 Å². The van der Waals surface area contributed by atoms with Crippen molar-refractivity contribution >= 4 is 44.5 Å². The van der Waals surface area contributed by atoms with Gasteiger partial charge in [0.2, 0.25) is 0 Å². The number of sulfonamides is 1. The molecule has 34 heavy (non-hydrogen) atoms. The Hall–Kier alpha value is -2.27. The van der Waals surface area contributed by atoms with Crippen LogP contribution in [0, 0.1) is 17.0 Å². The molecule has 0 atom stereocenters. The van der Waals surface area contributed by atoms with Crippen molar-refractivity contribution in [1.29, 1.82) is 0 Å². The molecule has 1 aromatic heterocycles. The molecule has 2 fully saturated rings. The van der Waals surface area contributed by atoms with E-state index in [1.54, 1.807) is 6.07 Å². The smallest absolute Gasteiger partial charge is 0.266 e. The molecule has 6 nitrogen and oxygen atoms in total. The summed E-state index contributed by atoms with van der Waals surface area (Å²) in [4.78, 5) is 5.57. The first kappa shape index (κ1) is 23.5. The van der Waals surface area contributed by atoms with Crippen molar-refractivity contribution in [3.8, 4) is 0 Å². The molecule has 2 heterocycles. The fraction of sp³-hybridized carbons (Fsp3) is 0.348. The summed E-state index contributed by atoms with van der Waals surface area (Å²) in [6.07, 6.45) is 3.84. The molecule has 180 valence electrons. The second-order valence-electron chi connectivity index (χ2n) is 8.97. The van der Waals surface area contributed by atoms with Crippen molar-refractivity contribution in [2.24, 2.45) is 5.41 Å². The van der Waals surface area contributed by atoms with Gasteiger partial charge in [-0.05, 0) is 42.0 Å². The highest BCUT2D eigenvalue weighted by molar-refractivity contribution is 7.92. The van der Waals surface area contributed by atoms with Gasteiger partial charge in [-0.2, -0.15) is 0 Å². The summed E-state index contributed by atoms with van der Waals surface area (Å²) >= 11 is 7.47. The highest BCUT2D eigenvalue weighted by atomic mass is 35.5. The van der Waals surface area contributed by atoms with Crippen molar-refractivity contribution in [2.45, 2.75) is 37.2 Å². The lowest BCUT2D eigenvalue weighted by atomic mass is 9.63. The number of benzene rings is 2. The molecule has 0 amide bonds. The number of hydrogen-bond donors (Lipinski definition) is 2. The van der Waals surface area contributed by atoms with Crippen molar-refractivity contribution in [1.82, 2.24) is 9.88 Å². The molecule has 2 aromatic carbocycles. The zero-order valence-corrected chi connectivity index (χ0v) is 20.5. The molecule has 1 spiro atoms. The van der Waals surface area contributed by atoms with Gasteiger partial charge in [0, 0.05) is 37.1 Å². The summed E-state index contributed by atoms with van der Waals surface area (Å²) in [6, 6.07) is 7.02. The molecule has 0 bridgehead atoms. The number of halogens is 3. The van der Waals surface area contributed by atoms with Gasteiger partial charge < -0.3 is 5.32 Å². The SMILES string of the molecule is O=S(=O)(Nc1cscn1)c1cc(Cl)c(NCc2c(F)cccc2CN2CC3(CCC3)C2)cc1F. The Balaban J connectivity index is 1.30. The minimum Gasteiger partial charge on any atom is -0.380 e. The van der Waals surface area contributed by atoms with E-state index < -0.39 is 20.7 Å². The molecule has 1 saturated heterocycles. The van der Waals surface area contributed by atoms with E-state index in [9.17, 15) is 17.2 Å². The molecule has 5 rings (SSSR count). The Labute approximate surface area is 206 Å². The summed E-state index contributed by atoms with van der Waals surface area (Å²) in [5.74, 6) is -1.23. The highest BCUT2D eigenvalue weighted by Crippen LogP contribution is 2.48. The fourth-order valence-electron chi connectivity index (χ4n) is 4.71. The Morgan fingerprint density at radius 2 is 1.97 bits per heavy atom. The third-order valence-corrected chi connectivity index (χ3v) is 8.85. The quantitative estimate of drug-likeness (QED) is 0.408. The van der Waals surface area contributed by atoms with Crippen LogP contribution >= 0.6 is 22.9 Å². The van der Waals surface area contributed by atoms with Gasteiger partial charge in [-0.15, -0.1) is 11.3 Å². The molecule has 1 aliphatic carbocycles. The topological polar surface area (TPSA) is 74.3 Å². The predicted molar refractivity (Wildman–Crippen MR) is 130 cm³/mol. The standard InChI is InChI=1S/C23H23ClF2N4O2S2/c24-17-7-21(34(31,32)29-22-11-33-14-28-22)19(26)8-20(17)27-9-16-15(3-1-4-18(16)25)10-30-12-23(13-30)5-2-6-23/h1,3-4,7-8,11,14,27,29H,2,5-6,9-10,12-13H2. The molecule has 0 unspecified atom stereocenters. The van der Waals surface area contributed by atoms with E-state index in [2.05, 4.69) is 19.9 Å². The van der Waals surface area contributed by atoms with E-state index in [4.69, 9.17) is 11.6 Å². The maximum absolute atomic E-state index is 14.8. The summed E-state index contributed by atoms with van der Waals surface area (Å²) in [5.41, 5.74) is 3.46. The van der Waals surface area contributed by atoms with Gasteiger partial charge >= 0.3 is 0 Å². The van der Waals surface area contributed by atoms with Crippen LogP contribution in [0.1, 0.15) is 30.4 Å². The summed E-state index contributed by atoms with van der Waals surface area (Å²) < 4.78 is 56.7. The minimum absolute atomic E-state index is 0.00705. The van der Waals surface area contributed by atoms with Crippen molar-refractivity contribution in [3.05, 3.63) is 69.0 Å². The number of likely N-dealkylation sites (tertiary alicyclic amines) is 1. The molecule has 3 aromatic rings. The molecule has 1 saturated carbocycles. The van der Waals surface area contributed by atoms with E-state index in [1.165, 1.54) is 47.6 Å². The first-order chi connectivity index (χ1) is 16.2. The van der Waals surface area contributed by atoms with Gasteiger partial charge in [0.15, 0.2) is 5.82 Å². The number of anilines is 2. The zero-order chi connectivity index (χ0) is 23.9. The van der Waals surface area contributed by atoms with E-state index >= 15 is 0 Å². The van der Waals surface area contributed by atoms with Crippen LogP contribution in [0.15, 0.2) is 46.1 Å².